The van der Waals surface area contributed by atoms with Gasteiger partial charge < -0.3 is 5.73 Å². The van der Waals surface area contributed by atoms with E-state index in [4.69, 9.17) is 5.73 Å². The van der Waals surface area contributed by atoms with Crippen LogP contribution in [0.4, 0.5) is 4.39 Å². The van der Waals surface area contributed by atoms with Crippen molar-refractivity contribution in [3.8, 4) is 0 Å². The molecule has 0 spiro atoms. The first-order valence-corrected chi connectivity index (χ1v) is 2.83. The minimum absolute atomic E-state index is 0.0869. The van der Waals surface area contributed by atoms with Crippen LogP contribution in [-0.4, -0.2) is 11.0 Å². The highest BCUT2D eigenvalue weighted by atomic mass is 32.1. The fourth-order valence-electron chi connectivity index (χ4n) is 0.372. The van der Waals surface area contributed by atoms with Crippen LogP contribution in [0.1, 0.15) is 0 Å². The van der Waals surface area contributed by atoms with Gasteiger partial charge in [0.05, 0.1) is 6.33 Å². The van der Waals surface area contributed by atoms with Crippen molar-refractivity contribution >= 4 is 23.7 Å². The summed E-state index contributed by atoms with van der Waals surface area (Å²) < 4.78 is 11.4. The van der Waals surface area contributed by atoms with Gasteiger partial charge in [0.2, 0.25) is 11.0 Å². The van der Waals surface area contributed by atoms with Crippen LogP contribution in [0.25, 0.3) is 0 Å². The van der Waals surface area contributed by atoms with E-state index in [0.29, 0.717) is 0 Å². The van der Waals surface area contributed by atoms with Crippen LogP contribution in [0.2, 0.25) is 0 Å². The zero-order chi connectivity index (χ0) is 8.15. The molecule has 0 aromatic heterocycles. The molecule has 0 heterocycles. The lowest BCUT2D eigenvalue weighted by atomic mass is 10.1. The lowest BCUT2D eigenvalue weighted by Gasteiger charge is -1.99. The molecule has 0 aliphatic heterocycles. The van der Waals surface area contributed by atoms with Crippen molar-refractivity contribution in [2.24, 2.45) is 11.7 Å². The van der Waals surface area contributed by atoms with Gasteiger partial charge in [-0.15, -0.1) is 12.6 Å². The minimum atomic E-state index is -1.26. The number of hydrogen-bond acceptors (Lipinski definition) is 2. The van der Waals surface area contributed by atoms with Gasteiger partial charge >= 0.3 is 0 Å². The van der Waals surface area contributed by atoms with E-state index in [1.165, 1.54) is 0 Å². The number of rotatable bonds is 3. The third-order valence-electron chi connectivity index (χ3n) is 0.838. The Labute approximate surface area is 62.5 Å². The highest BCUT2D eigenvalue weighted by Crippen LogP contribution is 2.02. The van der Waals surface area contributed by atoms with Crippen LogP contribution in [0.3, 0.4) is 0 Å². The average Bonchev–Trinajstić information content (AvgIpc) is 1.81. The van der Waals surface area contributed by atoms with Gasteiger partial charge in [0, 0.05) is 0 Å². The molecule has 0 aromatic rings. The van der Waals surface area contributed by atoms with Gasteiger partial charge in [0.15, 0.2) is 0 Å². The van der Waals surface area contributed by atoms with Gasteiger partial charge in [-0.05, 0) is 6.08 Å². The molecule has 0 aliphatic rings. The average molecular weight is 163 g/mol. The Bertz CT molecular complexity index is 166. The van der Waals surface area contributed by atoms with E-state index in [1.807, 2.05) is 0 Å². The summed E-state index contributed by atoms with van der Waals surface area (Å²) in [4.78, 5) is 20.6. The van der Waals surface area contributed by atoms with Crippen molar-refractivity contribution < 1.29 is 14.0 Å². The molecule has 0 fully saturated rings. The van der Waals surface area contributed by atoms with Crippen LogP contribution in [-0.2, 0) is 9.59 Å². The predicted octanol–water partition coefficient (Wildman–Crippen LogP) is 0.0275. The normalized spacial score (nSPS) is 13.4. The summed E-state index contributed by atoms with van der Waals surface area (Å²) in [6.07, 6.45) is 0.835. The van der Waals surface area contributed by atoms with Crippen LogP contribution >= 0.6 is 12.6 Å². The molecule has 0 saturated carbocycles. The first-order chi connectivity index (χ1) is 4.59. The zero-order valence-electron chi connectivity index (χ0n) is 4.95. The molecule has 0 aliphatic carbocycles. The van der Waals surface area contributed by atoms with E-state index in [-0.39, 0.29) is 6.33 Å². The van der Waals surface area contributed by atoms with E-state index in [9.17, 15) is 14.0 Å². The maximum absolute atomic E-state index is 11.4. The van der Waals surface area contributed by atoms with Crippen LogP contribution < -0.4 is 5.73 Å². The molecule has 2 N–H and O–H groups in total. The number of amides is 1. The van der Waals surface area contributed by atoms with Gasteiger partial charge in [-0.3, -0.25) is 9.59 Å². The topological polar surface area (TPSA) is 60.2 Å². The van der Waals surface area contributed by atoms with Crippen LogP contribution in [0.5, 0.6) is 0 Å². The maximum atomic E-state index is 11.4. The lowest BCUT2D eigenvalue weighted by Crippen LogP contribution is -2.25. The van der Waals surface area contributed by atoms with Crippen LogP contribution in [0, 0.1) is 5.92 Å². The summed E-state index contributed by atoms with van der Waals surface area (Å²) in [5, 5.41) is -0.763. The molecule has 0 rings (SSSR count). The molecule has 1 atom stereocenters. The zero-order valence-corrected chi connectivity index (χ0v) is 5.85. The number of hydrogen-bond donors (Lipinski definition) is 2. The third kappa shape index (κ3) is 2.63. The van der Waals surface area contributed by atoms with E-state index in [1.54, 1.807) is 0 Å². The maximum Gasteiger partial charge on any atom is 0.232 e. The summed E-state index contributed by atoms with van der Waals surface area (Å²) in [7, 11) is 0. The highest BCUT2D eigenvalue weighted by molar-refractivity contribution is 7.96. The fraction of sp³-hybridized carbons (Fsp3) is 0.200. The Kier molecular flexibility index (Phi) is 3.71. The molecule has 3 nitrogen and oxygen atoms in total. The first kappa shape index (κ1) is 9.16. The van der Waals surface area contributed by atoms with Crippen molar-refractivity contribution in [1.29, 1.82) is 0 Å². The van der Waals surface area contributed by atoms with Crippen molar-refractivity contribution in [1.82, 2.24) is 0 Å². The summed E-state index contributed by atoms with van der Waals surface area (Å²) in [6, 6.07) is 0. The number of halogens is 1. The van der Waals surface area contributed by atoms with Gasteiger partial charge in [-0.25, -0.2) is 4.39 Å². The Morgan fingerprint density at radius 3 is 2.20 bits per heavy atom. The van der Waals surface area contributed by atoms with Crippen molar-refractivity contribution in [2.75, 3.05) is 0 Å². The van der Waals surface area contributed by atoms with E-state index in [0.717, 1.165) is 6.08 Å². The molecule has 1 amide bonds. The SMILES string of the molecule is NC(=O)C(C=CF)C(=O)S. The van der Waals surface area contributed by atoms with Gasteiger partial charge in [0.1, 0.15) is 5.92 Å². The first-order valence-electron chi connectivity index (χ1n) is 2.38. The van der Waals surface area contributed by atoms with Crippen LogP contribution in [0.15, 0.2) is 12.4 Å². The molecule has 56 valence electrons. The second-order valence-corrected chi connectivity index (χ2v) is 1.98. The smallest absolute Gasteiger partial charge is 0.232 e. The standard InChI is InChI=1S/C5H6FNO2S/c6-2-1-3(4(7)8)5(9)10/h1-3H,(H2,7,8)(H,9,10). The molecule has 0 saturated heterocycles. The molecule has 1 unspecified atom stereocenters. The second kappa shape index (κ2) is 4.05. The van der Waals surface area contributed by atoms with Gasteiger partial charge in [-0.1, -0.05) is 0 Å². The molecule has 0 bridgehead atoms. The summed E-state index contributed by atoms with van der Waals surface area (Å²) >= 11 is 3.31. The number of primary amides is 1. The molecule has 10 heavy (non-hydrogen) atoms. The summed E-state index contributed by atoms with van der Waals surface area (Å²) in [5.41, 5.74) is 4.70. The van der Waals surface area contributed by atoms with Gasteiger partial charge in [-0.2, -0.15) is 0 Å². The lowest BCUT2D eigenvalue weighted by molar-refractivity contribution is -0.125. The Morgan fingerprint density at radius 2 is 2.10 bits per heavy atom. The van der Waals surface area contributed by atoms with E-state index in [2.05, 4.69) is 12.6 Å². The van der Waals surface area contributed by atoms with Crippen molar-refractivity contribution in [3.63, 3.8) is 0 Å². The largest absolute Gasteiger partial charge is 0.369 e. The second-order valence-electron chi connectivity index (χ2n) is 1.54. The number of thiol groups is 1. The van der Waals surface area contributed by atoms with Gasteiger partial charge in [0.25, 0.3) is 0 Å². The minimum Gasteiger partial charge on any atom is -0.369 e. The molecule has 0 aromatic carbocycles. The third-order valence-corrected chi connectivity index (χ3v) is 1.12. The predicted molar refractivity (Wildman–Crippen MR) is 36.9 cm³/mol. The molecular weight excluding hydrogens is 157 g/mol. The highest BCUT2D eigenvalue weighted by Gasteiger charge is 2.17. The monoisotopic (exact) mass is 163 g/mol. The number of carbonyl (C=O) groups excluding carboxylic acids is 2. The summed E-state index contributed by atoms with van der Waals surface area (Å²) in [5.74, 6) is -2.16. The summed E-state index contributed by atoms with van der Waals surface area (Å²) in [6.45, 7) is 0. The van der Waals surface area contributed by atoms with E-state index < -0.39 is 16.9 Å². The number of carbonyl (C=O) groups is 2. The Morgan fingerprint density at radius 1 is 1.60 bits per heavy atom. The molecular formula is C5H6FNO2S. The van der Waals surface area contributed by atoms with Crippen molar-refractivity contribution in [3.05, 3.63) is 12.4 Å². The quantitative estimate of drug-likeness (QED) is 0.455. The van der Waals surface area contributed by atoms with E-state index >= 15 is 0 Å². The van der Waals surface area contributed by atoms with Crippen molar-refractivity contribution in [2.45, 2.75) is 0 Å². The molecule has 5 heteroatoms. The molecule has 0 radical (unpaired) electrons. The number of nitrogens with two attached hydrogens (primary N) is 1. The Balaban J connectivity index is 4.27. The fourth-order valence-corrected chi connectivity index (χ4v) is 0.585. The Hall–Kier alpha value is -0.840.